The molecule has 3 aromatic rings. The van der Waals surface area contributed by atoms with E-state index in [1.165, 1.54) is 0 Å². The number of rotatable bonds is 4. The zero-order valence-corrected chi connectivity index (χ0v) is 13.0. The van der Waals surface area contributed by atoms with Gasteiger partial charge in [0, 0.05) is 21.8 Å². The molecule has 0 aliphatic heterocycles. The van der Waals surface area contributed by atoms with Gasteiger partial charge in [-0.25, -0.2) is 0 Å². The van der Waals surface area contributed by atoms with Gasteiger partial charge in [0.2, 0.25) is 0 Å². The molecule has 3 nitrogen and oxygen atoms in total. The highest BCUT2D eigenvalue weighted by Gasteiger charge is 2.09. The van der Waals surface area contributed by atoms with E-state index in [-0.39, 0.29) is 5.78 Å². The van der Waals surface area contributed by atoms with Crippen LogP contribution in [0.1, 0.15) is 15.9 Å². The van der Waals surface area contributed by atoms with Gasteiger partial charge < -0.3 is 11.1 Å². The van der Waals surface area contributed by atoms with Crippen LogP contribution in [0.5, 0.6) is 0 Å². The maximum absolute atomic E-state index is 12.4. The number of hydrogen-bond donors (Lipinski definition) is 2. The zero-order chi connectivity index (χ0) is 16.2. The van der Waals surface area contributed by atoms with Gasteiger partial charge >= 0.3 is 0 Å². The summed E-state index contributed by atoms with van der Waals surface area (Å²) in [4.78, 5) is 12.4. The molecule has 0 aliphatic carbocycles. The lowest BCUT2D eigenvalue weighted by Crippen LogP contribution is -2.01. The lowest BCUT2D eigenvalue weighted by molar-refractivity contribution is 0.103. The van der Waals surface area contributed by atoms with E-state index in [4.69, 9.17) is 17.3 Å². The van der Waals surface area contributed by atoms with Crippen LogP contribution in [0, 0.1) is 0 Å². The summed E-state index contributed by atoms with van der Waals surface area (Å²) in [5.41, 5.74) is 9.53. The Morgan fingerprint density at radius 2 is 1.39 bits per heavy atom. The maximum Gasteiger partial charge on any atom is 0.193 e. The number of hydrogen-bond acceptors (Lipinski definition) is 3. The average Bonchev–Trinajstić information content (AvgIpc) is 2.58. The molecular weight excluding hydrogens is 308 g/mol. The third kappa shape index (κ3) is 3.52. The summed E-state index contributed by atoms with van der Waals surface area (Å²) in [6.45, 7) is 0. The molecule has 3 N–H and O–H groups in total. The second-order valence-electron chi connectivity index (χ2n) is 5.13. The topological polar surface area (TPSA) is 55.1 Å². The normalized spacial score (nSPS) is 10.3. The molecule has 23 heavy (non-hydrogen) atoms. The number of nitrogen functional groups attached to an aromatic ring is 1. The highest BCUT2D eigenvalue weighted by molar-refractivity contribution is 6.30. The number of carbonyl (C=O) groups is 1. The van der Waals surface area contributed by atoms with Gasteiger partial charge in [0.15, 0.2) is 5.78 Å². The van der Waals surface area contributed by atoms with Crippen molar-refractivity contribution in [1.29, 1.82) is 0 Å². The molecule has 0 fully saturated rings. The van der Waals surface area contributed by atoms with E-state index >= 15 is 0 Å². The predicted molar refractivity (Wildman–Crippen MR) is 95.5 cm³/mol. The predicted octanol–water partition coefficient (Wildman–Crippen LogP) is 4.90. The fraction of sp³-hybridized carbons (Fsp3) is 0. The van der Waals surface area contributed by atoms with Gasteiger partial charge in [-0.15, -0.1) is 0 Å². The van der Waals surface area contributed by atoms with Crippen LogP contribution in [0.3, 0.4) is 0 Å². The number of halogens is 1. The standard InChI is InChI=1S/C19H15ClN2O/c20-15-9-5-13(6-10-15)19(23)14-7-11-16(12-8-14)22-18-4-2-1-3-17(18)21/h1-12,22H,21H2. The Hall–Kier alpha value is -2.78. The first kappa shape index (κ1) is 15.1. The summed E-state index contributed by atoms with van der Waals surface area (Å²) in [7, 11) is 0. The molecule has 3 rings (SSSR count). The number of ketones is 1. The van der Waals surface area contributed by atoms with Crippen LogP contribution in [-0.2, 0) is 0 Å². The molecule has 0 saturated carbocycles. The minimum atomic E-state index is -0.0348. The van der Waals surface area contributed by atoms with Gasteiger partial charge in [0.05, 0.1) is 11.4 Å². The van der Waals surface area contributed by atoms with Gasteiger partial charge in [0.25, 0.3) is 0 Å². The number of nitrogens with one attached hydrogen (secondary N) is 1. The van der Waals surface area contributed by atoms with Crippen molar-refractivity contribution >= 4 is 34.4 Å². The minimum absolute atomic E-state index is 0.0348. The number of anilines is 3. The quantitative estimate of drug-likeness (QED) is 0.530. The molecular formula is C19H15ClN2O. The van der Waals surface area contributed by atoms with Crippen molar-refractivity contribution in [3.05, 3.63) is 88.9 Å². The summed E-state index contributed by atoms with van der Waals surface area (Å²) in [6, 6.07) is 21.7. The van der Waals surface area contributed by atoms with Gasteiger partial charge in [-0.3, -0.25) is 4.79 Å². The van der Waals surface area contributed by atoms with Gasteiger partial charge in [-0.05, 0) is 60.7 Å². The highest BCUT2D eigenvalue weighted by atomic mass is 35.5. The Kier molecular flexibility index (Phi) is 4.31. The number of carbonyl (C=O) groups excluding carboxylic acids is 1. The van der Waals surface area contributed by atoms with Crippen LogP contribution in [0.25, 0.3) is 0 Å². The number of benzene rings is 3. The molecule has 0 heterocycles. The first-order valence-corrected chi connectivity index (χ1v) is 7.53. The van der Waals surface area contributed by atoms with Crippen molar-refractivity contribution in [3.8, 4) is 0 Å². The highest BCUT2D eigenvalue weighted by Crippen LogP contribution is 2.23. The zero-order valence-electron chi connectivity index (χ0n) is 12.3. The smallest absolute Gasteiger partial charge is 0.193 e. The SMILES string of the molecule is Nc1ccccc1Nc1ccc(C(=O)c2ccc(Cl)cc2)cc1. The van der Waals surface area contributed by atoms with Crippen molar-refractivity contribution in [2.75, 3.05) is 11.1 Å². The summed E-state index contributed by atoms with van der Waals surface area (Å²) in [5, 5.41) is 3.84. The molecule has 0 radical (unpaired) electrons. The molecule has 0 aromatic heterocycles. The van der Waals surface area contributed by atoms with Gasteiger partial charge in [0.1, 0.15) is 0 Å². The number of para-hydroxylation sites is 2. The molecule has 0 bridgehead atoms. The first-order valence-electron chi connectivity index (χ1n) is 7.15. The van der Waals surface area contributed by atoms with E-state index in [1.54, 1.807) is 36.4 Å². The van der Waals surface area contributed by atoms with Crippen LogP contribution in [-0.4, -0.2) is 5.78 Å². The van der Waals surface area contributed by atoms with Crippen molar-refractivity contribution < 1.29 is 4.79 Å². The van der Waals surface area contributed by atoms with Crippen molar-refractivity contribution in [1.82, 2.24) is 0 Å². The Balaban J connectivity index is 1.78. The molecule has 0 atom stereocenters. The molecule has 3 aromatic carbocycles. The van der Waals surface area contributed by atoms with E-state index in [0.29, 0.717) is 21.8 Å². The lowest BCUT2D eigenvalue weighted by Gasteiger charge is -2.09. The van der Waals surface area contributed by atoms with E-state index in [0.717, 1.165) is 11.4 Å². The Morgan fingerprint density at radius 3 is 2.00 bits per heavy atom. The number of nitrogens with two attached hydrogens (primary N) is 1. The van der Waals surface area contributed by atoms with E-state index < -0.39 is 0 Å². The molecule has 0 amide bonds. The Bertz CT molecular complexity index is 827. The maximum atomic E-state index is 12.4. The summed E-state index contributed by atoms with van der Waals surface area (Å²) < 4.78 is 0. The third-order valence-electron chi connectivity index (χ3n) is 3.49. The van der Waals surface area contributed by atoms with E-state index in [1.807, 2.05) is 36.4 Å². The Morgan fingerprint density at radius 1 is 0.826 bits per heavy atom. The van der Waals surface area contributed by atoms with E-state index in [2.05, 4.69) is 5.32 Å². The lowest BCUT2D eigenvalue weighted by atomic mass is 10.0. The molecule has 0 spiro atoms. The third-order valence-corrected chi connectivity index (χ3v) is 3.75. The first-order chi connectivity index (χ1) is 11.1. The fourth-order valence-corrected chi connectivity index (χ4v) is 2.37. The molecule has 114 valence electrons. The van der Waals surface area contributed by atoms with E-state index in [9.17, 15) is 4.79 Å². The summed E-state index contributed by atoms with van der Waals surface area (Å²) in [5.74, 6) is -0.0348. The van der Waals surface area contributed by atoms with Gasteiger partial charge in [-0.2, -0.15) is 0 Å². The molecule has 0 saturated heterocycles. The molecule has 0 aliphatic rings. The second kappa shape index (κ2) is 6.55. The van der Waals surface area contributed by atoms with Crippen LogP contribution < -0.4 is 11.1 Å². The van der Waals surface area contributed by atoms with Crippen molar-refractivity contribution in [2.45, 2.75) is 0 Å². The second-order valence-corrected chi connectivity index (χ2v) is 5.56. The van der Waals surface area contributed by atoms with Crippen molar-refractivity contribution in [2.24, 2.45) is 0 Å². The van der Waals surface area contributed by atoms with Crippen LogP contribution in [0.2, 0.25) is 5.02 Å². The largest absolute Gasteiger partial charge is 0.397 e. The minimum Gasteiger partial charge on any atom is -0.397 e. The Labute approximate surface area is 139 Å². The van der Waals surface area contributed by atoms with Crippen molar-refractivity contribution in [3.63, 3.8) is 0 Å². The average molecular weight is 323 g/mol. The monoisotopic (exact) mass is 322 g/mol. The fourth-order valence-electron chi connectivity index (χ4n) is 2.24. The molecule has 0 unspecified atom stereocenters. The van der Waals surface area contributed by atoms with Crippen LogP contribution in [0.4, 0.5) is 17.1 Å². The molecule has 4 heteroatoms. The van der Waals surface area contributed by atoms with Crippen LogP contribution in [0.15, 0.2) is 72.8 Å². The van der Waals surface area contributed by atoms with Crippen LogP contribution >= 0.6 is 11.6 Å². The summed E-state index contributed by atoms with van der Waals surface area (Å²) in [6.07, 6.45) is 0. The van der Waals surface area contributed by atoms with Gasteiger partial charge in [-0.1, -0.05) is 23.7 Å². The summed E-state index contributed by atoms with van der Waals surface area (Å²) >= 11 is 5.84.